The Morgan fingerprint density at radius 1 is 0.897 bits per heavy atom. The third-order valence-corrected chi connectivity index (χ3v) is 8.71. The van der Waals surface area contributed by atoms with Crippen LogP contribution in [0.4, 0.5) is 5.69 Å². The molecule has 0 aliphatic heterocycles. The largest absolute Gasteiger partial charge is 0.355 e. The van der Waals surface area contributed by atoms with Crippen molar-refractivity contribution in [2.45, 2.75) is 58.5 Å². The number of rotatable bonds is 11. The Balaban J connectivity index is 2.08. The van der Waals surface area contributed by atoms with Crippen molar-refractivity contribution in [1.29, 1.82) is 0 Å². The van der Waals surface area contributed by atoms with Gasteiger partial charge in [-0.25, -0.2) is 8.42 Å². The lowest BCUT2D eigenvalue weighted by Crippen LogP contribution is -2.52. The highest BCUT2D eigenvalue weighted by molar-refractivity contribution is 7.92. The predicted octanol–water partition coefficient (Wildman–Crippen LogP) is 5.40. The van der Waals surface area contributed by atoms with Crippen LogP contribution >= 0.6 is 11.6 Å². The average Bonchev–Trinajstić information content (AvgIpc) is 2.90. The molecule has 0 heterocycles. The van der Waals surface area contributed by atoms with Gasteiger partial charge in [0.25, 0.3) is 10.0 Å². The van der Waals surface area contributed by atoms with Crippen LogP contribution in [0, 0.1) is 20.8 Å². The number of nitrogens with zero attached hydrogens (tertiary/aromatic N) is 2. The predicted molar refractivity (Wildman–Crippen MR) is 156 cm³/mol. The van der Waals surface area contributed by atoms with E-state index in [0.29, 0.717) is 23.7 Å². The molecule has 3 aromatic carbocycles. The molecule has 39 heavy (non-hydrogen) atoms. The van der Waals surface area contributed by atoms with Gasteiger partial charge in [0.15, 0.2) is 0 Å². The summed E-state index contributed by atoms with van der Waals surface area (Å²) in [6.07, 6.45) is 0.372. The fraction of sp³-hybridized carbons (Fsp3) is 0.333. The fourth-order valence-electron chi connectivity index (χ4n) is 4.24. The summed E-state index contributed by atoms with van der Waals surface area (Å²) in [5.74, 6) is -0.761. The number of sulfonamides is 1. The Kier molecular flexibility index (Phi) is 10.2. The molecule has 0 radical (unpaired) electrons. The molecule has 0 saturated heterocycles. The standard InChI is InChI=1S/C30H36ClN3O4S/c1-6-28(30(36)32-7-2)33(19-24-11-8-21(3)9-12-24)29(35)20-34(26-15-10-22(4)23(5)18-26)39(37,38)27-16-13-25(31)14-17-27/h8-18,28H,6-7,19-20H2,1-5H3,(H,32,36)/t28-/m0/s1. The van der Waals surface area contributed by atoms with Crippen LogP contribution in [-0.2, 0) is 26.2 Å². The van der Waals surface area contributed by atoms with Gasteiger partial charge in [-0.2, -0.15) is 0 Å². The molecular formula is C30H36ClN3O4S. The first kappa shape index (κ1) is 30.2. The van der Waals surface area contributed by atoms with E-state index in [1.54, 1.807) is 12.1 Å². The van der Waals surface area contributed by atoms with Crippen LogP contribution in [0.3, 0.4) is 0 Å². The topological polar surface area (TPSA) is 86.8 Å². The summed E-state index contributed by atoms with van der Waals surface area (Å²) in [5.41, 5.74) is 4.17. The average molecular weight is 570 g/mol. The minimum Gasteiger partial charge on any atom is -0.355 e. The summed E-state index contributed by atoms with van der Waals surface area (Å²) in [4.78, 5) is 28.5. The summed E-state index contributed by atoms with van der Waals surface area (Å²) < 4.78 is 28.9. The number of carbonyl (C=O) groups excluding carboxylic acids is 2. The number of hydrogen-bond donors (Lipinski definition) is 1. The Morgan fingerprint density at radius 3 is 2.10 bits per heavy atom. The number of anilines is 1. The van der Waals surface area contributed by atoms with Gasteiger partial charge in [-0.3, -0.25) is 13.9 Å². The van der Waals surface area contributed by atoms with Crippen molar-refractivity contribution < 1.29 is 18.0 Å². The molecule has 0 saturated carbocycles. The summed E-state index contributed by atoms with van der Waals surface area (Å²) in [5, 5.41) is 3.21. The number of benzene rings is 3. The first-order valence-electron chi connectivity index (χ1n) is 13.0. The third kappa shape index (κ3) is 7.40. The molecule has 0 spiro atoms. The molecule has 208 valence electrons. The molecule has 0 fully saturated rings. The molecular weight excluding hydrogens is 534 g/mol. The molecule has 9 heteroatoms. The van der Waals surface area contributed by atoms with E-state index < -0.39 is 28.5 Å². The van der Waals surface area contributed by atoms with Gasteiger partial charge in [0.1, 0.15) is 12.6 Å². The van der Waals surface area contributed by atoms with Crippen LogP contribution in [-0.4, -0.2) is 44.3 Å². The van der Waals surface area contributed by atoms with Crippen LogP contribution in [0.25, 0.3) is 0 Å². The summed E-state index contributed by atoms with van der Waals surface area (Å²) in [7, 11) is -4.14. The number of aryl methyl sites for hydroxylation is 3. The van der Waals surface area contributed by atoms with Crippen molar-refractivity contribution in [3.63, 3.8) is 0 Å². The van der Waals surface area contributed by atoms with Gasteiger partial charge < -0.3 is 10.2 Å². The Hall–Kier alpha value is -3.36. The van der Waals surface area contributed by atoms with Gasteiger partial charge in [-0.05, 0) is 87.2 Å². The zero-order valence-corrected chi connectivity index (χ0v) is 24.6. The van der Waals surface area contributed by atoms with Crippen molar-refractivity contribution in [3.05, 3.63) is 94.0 Å². The summed E-state index contributed by atoms with van der Waals surface area (Å²) >= 11 is 6.01. The van der Waals surface area contributed by atoms with E-state index in [0.717, 1.165) is 26.6 Å². The lowest BCUT2D eigenvalue weighted by molar-refractivity contribution is -0.140. The van der Waals surface area contributed by atoms with Crippen LogP contribution in [0.1, 0.15) is 42.5 Å². The van der Waals surface area contributed by atoms with E-state index in [4.69, 9.17) is 11.6 Å². The van der Waals surface area contributed by atoms with E-state index >= 15 is 0 Å². The number of hydrogen-bond acceptors (Lipinski definition) is 4. The first-order valence-corrected chi connectivity index (χ1v) is 14.8. The normalized spacial score (nSPS) is 12.1. The van der Waals surface area contributed by atoms with E-state index in [-0.39, 0.29) is 17.3 Å². The highest BCUT2D eigenvalue weighted by Crippen LogP contribution is 2.27. The summed E-state index contributed by atoms with van der Waals surface area (Å²) in [6, 6.07) is 18.0. The van der Waals surface area contributed by atoms with E-state index in [1.165, 1.54) is 29.2 Å². The first-order chi connectivity index (χ1) is 18.5. The molecule has 1 N–H and O–H groups in total. The number of nitrogens with one attached hydrogen (secondary N) is 1. The van der Waals surface area contributed by atoms with Crippen molar-refractivity contribution in [2.24, 2.45) is 0 Å². The molecule has 0 unspecified atom stereocenters. The maximum absolute atomic E-state index is 14.0. The minimum atomic E-state index is -4.14. The molecule has 3 rings (SSSR count). The second-order valence-electron chi connectivity index (χ2n) is 9.56. The van der Waals surface area contributed by atoms with Gasteiger partial charge in [-0.15, -0.1) is 0 Å². The highest BCUT2D eigenvalue weighted by atomic mass is 35.5. The van der Waals surface area contributed by atoms with Crippen LogP contribution in [0.15, 0.2) is 71.6 Å². The number of likely N-dealkylation sites (N-methyl/N-ethyl adjacent to an activating group) is 1. The summed E-state index contributed by atoms with van der Waals surface area (Å²) in [6.45, 7) is 9.55. The molecule has 1 atom stereocenters. The van der Waals surface area contributed by atoms with Crippen molar-refractivity contribution in [2.75, 3.05) is 17.4 Å². The Labute approximate surface area is 236 Å². The minimum absolute atomic E-state index is 0.0128. The number of amides is 2. The zero-order chi connectivity index (χ0) is 28.7. The van der Waals surface area contributed by atoms with Gasteiger partial charge in [0.05, 0.1) is 10.6 Å². The molecule has 0 aromatic heterocycles. The molecule has 3 aromatic rings. The van der Waals surface area contributed by atoms with Crippen LogP contribution in [0.5, 0.6) is 0 Å². The maximum atomic E-state index is 14.0. The number of carbonyl (C=O) groups is 2. The number of halogens is 1. The van der Waals surface area contributed by atoms with Crippen molar-refractivity contribution >= 4 is 39.1 Å². The molecule has 0 bridgehead atoms. The molecule has 0 aliphatic carbocycles. The third-order valence-electron chi connectivity index (χ3n) is 6.67. The lowest BCUT2D eigenvalue weighted by Gasteiger charge is -2.33. The molecule has 7 nitrogen and oxygen atoms in total. The molecule has 2 amide bonds. The monoisotopic (exact) mass is 569 g/mol. The van der Waals surface area contributed by atoms with E-state index in [2.05, 4.69) is 5.32 Å². The quantitative estimate of drug-likeness (QED) is 0.335. The molecule has 0 aliphatic rings. The van der Waals surface area contributed by atoms with Crippen molar-refractivity contribution in [3.8, 4) is 0 Å². The van der Waals surface area contributed by atoms with E-state index in [9.17, 15) is 18.0 Å². The van der Waals surface area contributed by atoms with Gasteiger partial charge >= 0.3 is 0 Å². The van der Waals surface area contributed by atoms with Gasteiger partial charge in [-0.1, -0.05) is 54.4 Å². The van der Waals surface area contributed by atoms with E-state index in [1.807, 2.05) is 65.0 Å². The fourth-order valence-corrected chi connectivity index (χ4v) is 5.78. The Morgan fingerprint density at radius 2 is 1.54 bits per heavy atom. The lowest BCUT2D eigenvalue weighted by atomic mass is 10.1. The second kappa shape index (κ2) is 13.1. The second-order valence-corrected chi connectivity index (χ2v) is 11.9. The zero-order valence-electron chi connectivity index (χ0n) is 23.1. The Bertz CT molecular complexity index is 1410. The van der Waals surface area contributed by atoms with Gasteiger partial charge in [0.2, 0.25) is 11.8 Å². The maximum Gasteiger partial charge on any atom is 0.264 e. The van der Waals surface area contributed by atoms with Crippen LogP contribution < -0.4 is 9.62 Å². The van der Waals surface area contributed by atoms with Crippen molar-refractivity contribution in [1.82, 2.24) is 10.2 Å². The SMILES string of the molecule is CCNC(=O)[C@H](CC)N(Cc1ccc(C)cc1)C(=O)CN(c1ccc(C)c(C)c1)S(=O)(=O)c1ccc(Cl)cc1. The van der Waals surface area contributed by atoms with Gasteiger partial charge in [0, 0.05) is 18.1 Å². The smallest absolute Gasteiger partial charge is 0.264 e. The van der Waals surface area contributed by atoms with Crippen LogP contribution in [0.2, 0.25) is 5.02 Å². The highest BCUT2D eigenvalue weighted by Gasteiger charge is 2.33.